The lowest BCUT2D eigenvalue weighted by molar-refractivity contribution is 0.0974. The number of ether oxygens (including phenoxy) is 1. The van der Waals surface area contributed by atoms with Gasteiger partial charge in [0.2, 0.25) is 5.95 Å². The molecule has 4 N–H and O–H groups in total. The van der Waals surface area contributed by atoms with E-state index in [0.717, 1.165) is 6.20 Å². The SMILES string of the molecule is CC(O)(c1ccc2nc(OCCO)n(-c3ccnc(N)n3)c2c1)c1ccc(F)cn1. The smallest absolute Gasteiger partial charge is 0.303 e. The van der Waals surface area contributed by atoms with Crippen LogP contribution in [0.3, 0.4) is 0 Å². The predicted octanol–water partition coefficient (Wildman–Crippen LogP) is 1.56. The number of hydrogen-bond acceptors (Lipinski definition) is 8. The van der Waals surface area contributed by atoms with Crippen LogP contribution in [0.25, 0.3) is 16.9 Å². The summed E-state index contributed by atoms with van der Waals surface area (Å²) in [4.78, 5) is 16.6. The maximum absolute atomic E-state index is 13.3. The standard InChI is InChI=1S/C20H19FN6O3/c1-20(29,16-5-3-13(21)11-24-16)12-2-4-14-15(10-12)27(19(25-14)30-9-8-28)17-6-7-23-18(22)26-17/h2-7,10-11,28-29H,8-9H2,1H3,(H2,22,23,26). The molecule has 0 aliphatic carbocycles. The molecule has 0 saturated heterocycles. The number of nitrogen functional groups attached to an aromatic ring is 1. The van der Waals surface area contributed by atoms with Gasteiger partial charge in [0, 0.05) is 12.3 Å². The van der Waals surface area contributed by atoms with Crippen molar-refractivity contribution in [2.45, 2.75) is 12.5 Å². The number of imidazole rings is 1. The van der Waals surface area contributed by atoms with Gasteiger partial charge >= 0.3 is 6.01 Å². The van der Waals surface area contributed by atoms with Crippen molar-refractivity contribution in [3.05, 3.63) is 65.9 Å². The summed E-state index contributed by atoms with van der Waals surface area (Å²) in [5, 5.41) is 20.3. The molecule has 0 radical (unpaired) electrons. The topological polar surface area (TPSA) is 132 Å². The van der Waals surface area contributed by atoms with Crippen LogP contribution in [0.4, 0.5) is 10.3 Å². The summed E-state index contributed by atoms with van der Waals surface area (Å²) in [7, 11) is 0. The Morgan fingerprint density at radius 2 is 2.00 bits per heavy atom. The molecule has 0 fully saturated rings. The van der Waals surface area contributed by atoms with Crippen molar-refractivity contribution in [3.8, 4) is 11.8 Å². The molecule has 0 saturated carbocycles. The Labute approximate surface area is 170 Å². The molecule has 0 aliphatic rings. The van der Waals surface area contributed by atoms with Gasteiger partial charge in [-0.3, -0.25) is 4.98 Å². The van der Waals surface area contributed by atoms with Crippen LogP contribution in [-0.4, -0.2) is 47.9 Å². The van der Waals surface area contributed by atoms with E-state index >= 15 is 0 Å². The summed E-state index contributed by atoms with van der Waals surface area (Å²) in [5.41, 5.74) is 6.19. The maximum atomic E-state index is 13.3. The summed E-state index contributed by atoms with van der Waals surface area (Å²) in [5.74, 6) is -0.00846. The molecule has 1 atom stereocenters. The summed E-state index contributed by atoms with van der Waals surface area (Å²) in [6, 6.07) is 9.65. The zero-order chi connectivity index (χ0) is 21.3. The number of benzene rings is 1. The average molecular weight is 410 g/mol. The minimum atomic E-state index is -1.49. The fourth-order valence-electron chi connectivity index (χ4n) is 3.11. The maximum Gasteiger partial charge on any atom is 0.303 e. The lowest BCUT2D eigenvalue weighted by atomic mass is 9.91. The molecule has 30 heavy (non-hydrogen) atoms. The first kappa shape index (κ1) is 19.7. The second-order valence-electron chi connectivity index (χ2n) is 6.71. The highest BCUT2D eigenvalue weighted by Gasteiger charge is 2.28. The number of rotatable bonds is 6. The fourth-order valence-corrected chi connectivity index (χ4v) is 3.11. The highest BCUT2D eigenvalue weighted by atomic mass is 19.1. The number of fused-ring (bicyclic) bond motifs is 1. The van der Waals surface area contributed by atoms with Crippen LogP contribution in [0, 0.1) is 5.82 Å². The molecule has 1 aromatic carbocycles. The Morgan fingerprint density at radius 1 is 1.17 bits per heavy atom. The van der Waals surface area contributed by atoms with Crippen LogP contribution in [0.5, 0.6) is 6.01 Å². The molecule has 0 bridgehead atoms. The van der Waals surface area contributed by atoms with Crippen molar-refractivity contribution >= 4 is 17.0 Å². The van der Waals surface area contributed by atoms with Crippen LogP contribution in [0.1, 0.15) is 18.2 Å². The van der Waals surface area contributed by atoms with Crippen LogP contribution >= 0.6 is 0 Å². The highest BCUT2D eigenvalue weighted by molar-refractivity contribution is 5.80. The van der Waals surface area contributed by atoms with E-state index in [2.05, 4.69) is 19.9 Å². The molecule has 9 nitrogen and oxygen atoms in total. The van der Waals surface area contributed by atoms with Gasteiger partial charge in [0.1, 0.15) is 23.8 Å². The number of aliphatic hydroxyl groups is 2. The van der Waals surface area contributed by atoms with Crippen LogP contribution in [0.2, 0.25) is 0 Å². The Morgan fingerprint density at radius 3 is 2.70 bits per heavy atom. The van der Waals surface area contributed by atoms with Crippen molar-refractivity contribution in [1.82, 2.24) is 24.5 Å². The monoisotopic (exact) mass is 410 g/mol. The fraction of sp³-hybridized carbons (Fsp3) is 0.200. The summed E-state index contributed by atoms with van der Waals surface area (Å²) in [6.07, 6.45) is 2.55. The van der Waals surface area contributed by atoms with E-state index in [1.165, 1.54) is 18.3 Å². The zero-order valence-corrected chi connectivity index (χ0v) is 16.0. The number of anilines is 1. The summed E-state index contributed by atoms with van der Waals surface area (Å²) < 4.78 is 20.4. The van der Waals surface area contributed by atoms with Crippen molar-refractivity contribution in [2.75, 3.05) is 18.9 Å². The molecule has 0 amide bonds. The molecule has 1 unspecified atom stereocenters. The number of nitrogens with zero attached hydrogens (tertiary/aromatic N) is 5. The van der Waals surface area contributed by atoms with E-state index in [0.29, 0.717) is 22.4 Å². The van der Waals surface area contributed by atoms with Gasteiger partial charge in [0.05, 0.1) is 29.5 Å². The summed E-state index contributed by atoms with van der Waals surface area (Å²) >= 11 is 0. The molecule has 10 heteroatoms. The van der Waals surface area contributed by atoms with E-state index in [4.69, 9.17) is 15.6 Å². The van der Waals surface area contributed by atoms with Gasteiger partial charge < -0.3 is 20.7 Å². The van der Waals surface area contributed by atoms with E-state index < -0.39 is 11.4 Å². The van der Waals surface area contributed by atoms with Crippen molar-refractivity contribution in [2.24, 2.45) is 0 Å². The lowest BCUT2D eigenvalue weighted by Gasteiger charge is -2.23. The van der Waals surface area contributed by atoms with Crippen LogP contribution in [-0.2, 0) is 5.60 Å². The largest absolute Gasteiger partial charge is 0.462 e. The Bertz CT molecular complexity index is 1190. The number of nitrogens with two attached hydrogens (primary N) is 1. The first-order valence-corrected chi connectivity index (χ1v) is 9.10. The Kier molecular flexibility index (Phi) is 5.02. The molecule has 0 aliphatic heterocycles. The highest BCUT2D eigenvalue weighted by Crippen LogP contribution is 2.32. The normalized spacial score (nSPS) is 13.3. The molecular weight excluding hydrogens is 391 g/mol. The third-order valence-corrected chi connectivity index (χ3v) is 4.62. The van der Waals surface area contributed by atoms with Gasteiger partial charge in [0.25, 0.3) is 0 Å². The Balaban J connectivity index is 1.89. The van der Waals surface area contributed by atoms with Crippen LogP contribution in [0.15, 0.2) is 48.8 Å². The van der Waals surface area contributed by atoms with E-state index in [1.807, 2.05) is 0 Å². The molecule has 3 heterocycles. The number of hydrogen-bond donors (Lipinski definition) is 3. The van der Waals surface area contributed by atoms with Gasteiger partial charge in [-0.1, -0.05) is 6.07 Å². The van der Waals surface area contributed by atoms with Gasteiger partial charge in [-0.05, 0) is 36.8 Å². The first-order valence-electron chi connectivity index (χ1n) is 9.10. The quantitative estimate of drug-likeness (QED) is 0.436. The van der Waals surface area contributed by atoms with Gasteiger partial charge in [-0.25, -0.2) is 13.9 Å². The minimum Gasteiger partial charge on any atom is -0.462 e. The van der Waals surface area contributed by atoms with Crippen LogP contribution < -0.4 is 10.5 Å². The average Bonchev–Trinajstić information content (AvgIpc) is 3.10. The van der Waals surface area contributed by atoms with Crippen molar-refractivity contribution in [3.63, 3.8) is 0 Å². The van der Waals surface area contributed by atoms with Gasteiger partial charge in [-0.2, -0.15) is 9.97 Å². The second kappa shape index (κ2) is 7.65. The molecule has 154 valence electrons. The number of aliphatic hydroxyl groups excluding tert-OH is 1. The Hall–Kier alpha value is -3.63. The third kappa shape index (κ3) is 3.53. The second-order valence-corrected chi connectivity index (χ2v) is 6.71. The van der Waals surface area contributed by atoms with E-state index in [9.17, 15) is 9.50 Å². The van der Waals surface area contributed by atoms with Crippen molar-refractivity contribution in [1.29, 1.82) is 0 Å². The number of aromatic nitrogens is 5. The summed E-state index contributed by atoms with van der Waals surface area (Å²) in [6.45, 7) is 1.42. The zero-order valence-electron chi connectivity index (χ0n) is 16.0. The number of halogens is 1. The number of pyridine rings is 1. The molecule has 0 spiro atoms. The van der Waals surface area contributed by atoms with Crippen molar-refractivity contribution < 1.29 is 19.3 Å². The lowest BCUT2D eigenvalue weighted by Crippen LogP contribution is -2.24. The minimum absolute atomic E-state index is 0.0357. The predicted molar refractivity (Wildman–Crippen MR) is 107 cm³/mol. The van der Waals surface area contributed by atoms with Gasteiger partial charge in [-0.15, -0.1) is 0 Å². The molecule has 3 aromatic heterocycles. The van der Waals surface area contributed by atoms with E-state index in [-0.39, 0.29) is 30.9 Å². The third-order valence-electron chi connectivity index (χ3n) is 4.62. The van der Waals surface area contributed by atoms with E-state index in [1.54, 1.807) is 35.8 Å². The van der Waals surface area contributed by atoms with Gasteiger partial charge in [0.15, 0.2) is 0 Å². The molecular formula is C20H19FN6O3. The first-order chi connectivity index (χ1) is 14.4. The molecule has 4 aromatic rings. The molecule has 4 rings (SSSR count).